The van der Waals surface area contributed by atoms with Crippen molar-refractivity contribution in [2.45, 2.75) is 32.4 Å². The summed E-state index contributed by atoms with van der Waals surface area (Å²) in [5.74, 6) is 0.976. The third-order valence-corrected chi connectivity index (χ3v) is 7.04. The number of amidine groups is 2. The number of anilines is 1. The Balaban J connectivity index is 1.28. The fourth-order valence-electron chi connectivity index (χ4n) is 4.30. The fraction of sp³-hybridized carbons (Fsp3) is 0.250. The van der Waals surface area contributed by atoms with Crippen LogP contribution in [0.25, 0.3) is 0 Å². The molecule has 1 aromatic heterocycles. The van der Waals surface area contributed by atoms with Gasteiger partial charge in [0.1, 0.15) is 23.4 Å². The van der Waals surface area contributed by atoms with Gasteiger partial charge in [-0.05, 0) is 49.7 Å². The molecular weight excluding hydrogens is 518 g/mol. The summed E-state index contributed by atoms with van der Waals surface area (Å²) in [6.07, 6.45) is 1.90. The van der Waals surface area contributed by atoms with Gasteiger partial charge in [-0.1, -0.05) is 36.0 Å². The Morgan fingerprint density at radius 1 is 1.05 bits per heavy atom. The predicted octanol–water partition coefficient (Wildman–Crippen LogP) is 4.11. The van der Waals surface area contributed by atoms with Gasteiger partial charge in [0.25, 0.3) is 5.91 Å². The monoisotopic (exact) mass is 545 g/mol. The number of hydrogen-bond donors (Lipinski definition) is 2. The number of ether oxygens (including phenoxy) is 1. The van der Waals surface area contributed by atoms with Crippen LogP contribution in [-0.2, 0) is 20.9 Å². The van der Waals surface area contributed by atoms with E-state index in [1.807, 2.05) is 43.3 Å². The topological polar surface area (TPSA) is 126 Å². The van der Waals surface area contributed by atoms with E-state index in [0.717, 1.165) is 5.56 Å². The Hall–Kier alpha value is -4.38. The lowest BCUT2D eigenvalue weighted by Gasteiger charge is -2.31. The second kappa shape index (κ2) is 12.0. The number of furan rings is 1. The zero-order valence-corrected chi connectivity index (χ0v) is 22.1. The van der Waals surface area contributed by atoms with E-state index >= 15 is 0 Å². The number of nitrogens with one attached hydrogen (secondary N) is 2. The Kier molecular flexibility index (Phi) is 8.07. The van der Waals surface area contributed by atoms with Gasteiger partial charge in [0.15, 0.2) is 5.17 Å². The second-order valence-electron chi connectivity index (χ2n) is 8.73. The van der Waals surface area contributed by atoms with Gasteiger partial charge in [0, 0.05) is 12.0 Å². The molecule has 1 unspecified atom stereocenters. The molecule has 3 amide bonds. The van der Waals surface area contributed by atoms with Crippen molar-refractivity contribution in [2.75, 3.05) is 17.7 Å². The Bertz CT molecular complexity index is 1440. The SMILES string of the molecule is CCOc1ccccc1NC(=O)CSC1=Nc2ccccc2C2=NC(=O)C(CCC(=O)NCc3ccco3)N12. The molecule has 0 bridgehead atoms. The van der Waals surface area contributed by atoms with Crippen LogP contribution in [0.4, 0.5) is 11.4 Å². The van der Waals surface area contributed by atoms with Gasteiger partial charge in [-0.2, -0.15) is 4.99 Å². The molecule has 2 N–H and O–H groups in total. The number of carbonyl (C=O) groups excluding carboxylic acids is 3. The molecule has 3 heterocycles. The van der Waals surface area contributed by atoms with Crippen LogP contribution in [0.1, 0.15) is 31.1 Å². The van der Waals surface area contributed by atoms with E-state index < -0.39 is 6.04 Å². The summed E-state index contributed by atoms with van der Waals surface area (Å²) < 4.78 is 10.8. The number of amides is 3. The summed E-state index contributed by atoms with van der Waals surface area (Å²) in [6, 6.07) is 17.5. The normalized spacial score (nSPS) is 15.7. The molecule has 11 heteroatoms. The number of aliphatic imine (C=N–C) groups is 2. The van der Waals surface area contributed by atoms with E-state index in [9.17, 15) is 14.4 Å². The summed E-state index contributed by atoms with van der Waals surface area (Å²) in [5, 5.41) is 6.16. The predicted molar refractivity (Wildman–Crippen MR) is 149 cm³/mol. The van der Waals surface area contributed by atoms with Crippen molar-refractivity contribution in [1.82, 2.24) is 10.2 Å². The first-order valence-electron chi connectivity index (χ1n) is 12.6. The van der Waals surface area contributed by atoms with E-state index in [2.05, 4.69) is 15.6 Å². The highest BCUT2D eigenvalue weighted by molar-refractivity contribution is 8.14. The van der Waals surface area contributed by atoms with E-state index in [1.165, 1.54) is 11.8 Å². The number of nitrogens with zero attached hydrogens (tertiary/aromatic N) is 3. The first-order valence-corrected chi connectivity index (χ1v) is 13.6. The average Bonchev–Trinajstić information content (AvgIpc) is 3.58. The summed E-state index contributed by atoms with van der Waals surface area (Å²) in [5.41, 5.74) is 1.98. The molecule has 3 aromatic rings. The summed E-state index contributed by atoms with van der Waals surface area (Å²) in [6.45, 7) is 2.63. The van der Waals surface area contributed by atoms with Gasteiger partial charge in [-0.3, -0.25) is 19.3 Å². The van der Waals surface area contributed by atoms with Gasteiger partial charge >= 0.3 is 0 Å². The first-order chi connectivity index (χ1) is 19.0. The molecule has 0 radical (unpaired) electrons. The Morgan fingerprint density at radius 2 is 1.87 bits per heavy atom. The molecule has 0 saturated carbocycles. The minimum atomic E-state index is -0.698. The van der Waals surface area contributed by atoms with Crippen LogP contribution in [0.5, 0.6) is 5.75 Å². The van der Waals surface area contributed by atoms with Crippen LogP contribution in [0, 0.1) is 0 Å². The van der Waals surface area contributed by atoms with Crippen molar-refractivity contribution in [3.05, 3.63) is 78.3 Å². The quantitative estimate of drug-likeness (QED) is 0.393. The average molecular weight is 546 g/mol. The molecule has 200 valence electrons. The maximum atomic E-state index is 13.0. The fourth-order valence-corrected chi connectivity index (χ4v) is 5.15. The van der Waals surface area contributed by atoms with Crippen LogP contribution in [0.3, 0.4) is 0 Å². The highest BCUT2D eigenvalue weighted by Crippen LogP contribution is 2.35. The number of para-hydroxylation sites is 3. The van der Waals surface area contributed by atoms with Crippen molar-refractivity contribution in [2.24, 2.45) is 9.98 Å². The van der Waals surface area contributed by atoms with E-state index in [4.69, 9.17) is 14.1 Å². The zero-order valence-electron chi connectivity index (χ0n) is 21.3. The van der Waals surface area contributed by atoms with Gasteiger partial charge in [0.05, 0.1) is 36.5 Å². The highest BCUT2D eigenvalue weighted by Gasteiger charge is 2.41. The van der Waals surface area contributed by atoms with E-state index in [1.54, 1.807) is 35.4 Å². The summed E-state index contributed by atoms with van der Waals surface area (Å²) >= 11 is 1.21. The summed E-state index contributed by atoms with van der Waals surface area (Å²) in [7, 11) is 0. The second-order valence-corrected chi connectivity index (χ2v) is 9.67. The molecule has 10 nitrogen and oxygen atoms in total. The molecule has 39 heavy (non-hydrogen) atoms. The maximum absolute atomic E-state index is 13.0. The molecular formula is C28H27N5O5S. The molecule has 0 aliphatic carbocycles. The lowest BCUT2D eigenvalue weighted by atomic mass is 10.1. The maximum Gasteiger partial charge on any atom is 0.270 e. The smallest absolute Gasteiger partial charge is 0.270 e. The summed E-state index contributed by atoms with van der Waals surface area (Å²) in [4.78, 5) is 49.2. The van der Waals surface area contributed by atoms with Gasteiger partial charge in [-0.25, -0.2) is 4.99 Å². The van der Waals surface area contributed by atoms with Gasteiger partial charge < -0.3 is 19.8 Å². The van der Waals surface area contributed by atoms with Crippen LogP contribution >= 0.6 is 11.8 Å². The highest BCUT2D eigenvalue weighted by atomic mass is 32.2. The standard InChI is InChI=1S/C28H27N5O5S/c1-2-37-23-12-6-5-11-21(23)30-25(35)17-39-28-31-20-10-4-3-9-19(20)26-32-27(36)22(33(26)28)13-14-24(34)29-16-18-8-7-15-38-18/h3-12,15,22H,2,13-14,16-17H2,1H3,(H,29,34)(H,30,35). The van der Waals surface area contributed by atoms with Crippen LogP contribution in [0.2, 0.25) is 0 Å². The molecule has 0 saturated heterocycles. The third-order valence-electron chi connectivity index (χ3n) is 6.09. The van der Waals surface area contributed by atoms with E-state index in [0.29, 0.717) is 40.5 Å². The van der Waals surface area contributed by atoms with Crippen molar-refractivity contribution in [3.63, 3.8) is 0 Å². The molecule has 2 aliphatic heterocycles. The van der Waals surface area contributed by atoms with E-state index in [-0.39, 0.29) is 42.9 Å². The van der Waals surface area contributed by atoms with Crippen LogP contribution in [0.15, 0.2) is 81.3 Å². The molecule has 1 atom stereocenters. The van der Waals surface area contributed by atoms with Crippen molar-refractivity contribution < 1.29 is 23.5 Å². The number of fused-ring (bicyclic) bond motifs is 3. The third kappa shape index (κ3) is 6.04. The number of benzene rings is 2. The number of carbonyl (C=O) groups is 3. The lowest BCUT2D eigenvalue weighted by Crippen LogP contribution is -2.44. The first kappa shape index (κ1) is 26.2. The molecule has 2 aromatic carbocycles. The van der Waals surface area contributed by atoms with Gasteiger partial charge in [0.2, 0.25) is 11.8 Å². The van der Waals surface area contributed by atoms with Gasteiger partial charge in [-0.15, -0.1) is 0 Å². The number of hydrogen-bond acceptors (Lipinski definition) is 8. The minimum absolute atomic E-state index is 0.0514. The molecule has 0 spiro atoms. The number of thioether (sulfide) groups is 1. The minimum Gasteiger partial charge on any atom is -0.492 e. The zero-order chi connectivity index (χ0) is 27.2. The Labute approximate surface area is 229 Å². The Morgan fingerprint density at radius 3 is 2.69 bits per heavy atom. The molecule has 0 fully saturated rings. The van der Waals surface area contributed by atoms with Crippen LogP contribution < -0.4 is 15.4 Å². The molecule has 2 aliphatic rings. The largest absolute Gasteiger partial charge is 0.492 e. The molecule has 5 rings (SSSR count). The number of rotatable bonds is 10. The van der Waals surface area contributed by atoms with Crippen molar-refractivity contribution in [3.8, 4) is 5.75 Å². The van der Waals surface area contributed by atoms with Crippen LogP contribution in [-0.4, -0.2) is 52.0 Å². The van der Waals surface area contributed by atoms with Crippen molar-refractivity contribution >= 4 is 51.9 Å². The van der Waals surface area contributed by atoms with Crippen molar-refractivity contribution in [1.29, 1.82) is 0 Å². The lowest BCUT2D eigenvalue weighted by molar-refractivity contribution is -0.122.